The average Bonchev–Trinajstić information content (AvgIpc) is 2.79. The number of hydrogen-bond acceptors (Lipinski definition) is 2. The summed E-state index contributed by atoms with van der Waals surface area (Å²) in [5.41, 5.74) is 4.04. The van der Waals surface area contributed by atoms with Gasteiger partial charge in [-0.2, -0.15) is 0 Å². The molecule has 1 aliphatic carbocycles. The lowest BCUT2D eigenvalue weighted by molar-refractivity contribution is 0.429. The minimum atomic E-state index is 0.341. The van der Waals surface area contributed by atoms with Gasteiger partial charge in [0.05, 0.1) is 16.9 Å². The summed E-state index contributed by atoms with van der Waals surface area (Å²) in [5.74, 6) is 0. The van der Waals surface area contributed by atoms with E-state index in [1.807, 2.05) is 6.07 Å². The molecule has 1 fully saturated rings. The van der Waals surface area contributed by atoms with Crippen LogP contribution in [0.15, 0.2) is 12.1 Å². The standard InChI is InChI=1S/C14H19ClN2/c1-10-11(15)5-6-12-13(10)16-9-14(17(12)2)7-3-4-8-14/h5-6,16H,3-4,7-9H2,1-2H3. The van der Waals surface area contributed by atoms with Crippen LogP contribution in [0.5, 0.6) is 0 Å². The Bertz CT molecular complexity index is 450. The lowest BCUT2D eigenvalue weighted by Gasteiger charge is -2.46. The van der Waals surface area contributed by atoms with Gasteiger partial charge in [0.25, 0.3) is 0 Å². The number of likely N-dealkylation sites (N-methyl/N-ethyl adjacent to an activating group) is 1. The Morgan fingerprint density at radius 1 is 1.29 bits per heavy atom. The van der Waals surface area contributed by atoms with Gasteiger partial charge in [-0.1, -0.05) is 24.4 Å². The van der Waals surface area contributed by atoms with Gasteiger partial charge in [-0.25, -0.2) is 0 Å². The molecular formula is C14H19ClN2. The molecule has 1 aliphatic heterocycles. The van der Waals surface area contributed by atoms with Gasteiger partial charge in [0.15, 0.2) is 0 Å². The Balaban J connectivity index is 2.06. The van der Waals surface area contributed by atoms with E-state index in [1.54, 1.807) is 0 Å². The maximum atomic E-state index is 6.19. The molecule has 0 unspecified atom stereocenters. The van der Waals surface area contributed by atoms with Crippen molar-refractivity contribution in [3.63, 3.8) is 0 Å². The third kappa shape index (κ3) is 1.54. The average molecular weight is 251 g/mol. The van der Waals surface area contributed by atoms with Crippen LogP contribution in [-0.2, 0) is 0 Å². The first-order valence-corrected chi connectivity index (χ1v) is 6.79. The normalized spacial score (nSPS) is 21.5. The highest BCUT2D eigenvalue weighted by Gasteiger charge is 2.41. The molecule has 1 spiro atoms. The number of rotatable bonds is 0. The molecule has 17 heavy (non-hydrogen) atoms. The summed E-state index contributed by atoms with van der Waals surface area (Å²) >= 11 is 6.19. The van der Waals surface area contributed by atoms with Crippen molar-refractivity contribution < 1.29 is 0 Å². The Hall–Kier alpha value is -0.890. The molecule has 0 radical (unpaired) electrons. The molecule has 1 saturated carbocycles. The van der Waals surface area contributed by atoms with E-state index < -0.39 is 0 Å². The lowest BCUT2D eigenvalue weighted by Crippen LogP contribution is -2.52. The van der Waals surface area contributed by atoms with E-state index in [-0.39, 0.29) is 0 Å². The van der Waals surface area contributed by atoms with Gasteiger partial charge < -0.3 is 10.2 Å². The number of hydrogen-bond donors (Lipinski definition) is 1. The van der Waals surface area contributed by atoms with Gasteiger partial charge in [0.2, 0.25) is 0 Å². The molecule has 0 amide bonds. The van der Waals surface area contributed by atoms with Gasteiger partial charge in [-0.15, -0.1) is 0 Å². The number of fused-ring (bicyclic) bond motifs is 1. The van der Waals surface area contributed by atoms with Crippen LogP contribution < -0.4 is 10.2 Å². The molecule has 2 nitrogen and oxygen atoms in total. The van der Waals surface area contributed by atoms with Gasteiger partial charge in [-0.3, -0.25) is 0 Å². The SMILES string of the molecule is Cc1c(Cl)ccc2c1NCC1(CCCC1)N2C. The number of halogens is 1. The maximum Gasteiger partial charge on any atom is 0.0623 e. The fourth-order valence-electron chi connectivity index (χ4n) is 3.35. The lowest BCUT2D eigenvalue weighted by atomic mass is 9.91. The second-order valence-corrected chi connectivity index (χ2v) is 5.82. The van der Waals surface area contributed by atoms with Crippen LogP contribution in [0.1, 0.15) is 31.2 Å². The fourth-order valence-corrected chi connectivity index (χ4v) is 3.50. The molecular weight excluding hydrogens is 232 g/mol. The zero-order valence-electron chi connectivity index (χ0n) is 10.5. The molecule has 92 valence electrons. The molecule has 0 aromatic heterocycles. The third-order valence-electron chi connectivity index (χ3n) is 4.58. The number of nitrogens with one attached hydrogen (secondary N) is 1. The van der Waals surface area contributed by atoms with E-state index in [0.717, 1.165) is 11.6 Å². The van der Waals surface area contributed by atoms with Gasteiger partial charge in [0, 0.05) is 18.6 Å². The van der Waals surface area contributed by atoms with Crippen LogP contribution in [0.4, 0.5) is 11.4 Å². The summed E-state index contributed by atoms with van der Waals surface area (Å²) in [6.45, 7) is 3.15. The van der Waals surface area contributed by atoms with E-state index in [1.165, 1.54) is 42.6 Å². The third-order valence-corrected chi connectivity index (χ3v) is 4.99. The Morgan fingerprint density at radius 2 is 2.00 bits per heavy atom. The van der Waals surface area contributed by atoms with Crippen molar-refractivity contribution in [1.82, 2.24) is 0 Å². The smallest absolute Gasteiger partial charge is 0.0623 e. The minimum absolute atomic E-state index is 0.341. The molecule has 0 bridgehead atoms. The van der Waals surface area contributed by atoms with Crippen LogP contribution in [0.25, 0.3) is 0 Å². The summed E-state index contributed by atoms with van der Waals surface area (Å²) in [4.78, 5) is 2.48. The van der Waals surface area contributed by atoms with Crippen molar-refractivity contribution in [2.45, 2.75) is 38.1 Å². The van der Waals surface area contributed by atoms with Crippen LogP contribution in [0.2, 0.25) is 5.02 Å². The summed E-state index contributed by atoms with van der Waals surface area (Å²) in [5, 5.41) is 4.46. The molecule has 0 atom stereocenters. The number of nitrogens with zero attached hydrogens (tertiary/aromatic N) is 1. The van der Waals surface area contributed by atoms with Crippen molar-refractivity contribution in [2.75, 3.05) is 23.8 Å². The Kier molecular flexibility index (Phi) is 2.51. The van der Waals surface area contributed by atoms with E-state index >= 15 is 0 Å². The minimum Gasteiger partial charge on any atom is -0.381 e. The molecule has 1 aromatic rings. The zero-order valence-corrected chi connectivity index (χ0v) is 11.3. The van der Waals surface area contributed by atoms with Crippen molar-refractivity contribution in [3.05, 3.63) is 22.7 Å². The van der Waals surface area contributed by atoms with Crippen molar-refractivity contribution in [1.29, 1.82) is 0 Å². The van der Waals surface area contributed by atoms with E-state index in [2.05, 4.69) is 30.3 Å². The molecule has 0 saturated heterocycles. The topological polar surface area (TPSA) is 15.3 Å². The highest BCUT2D eigenvalue weighted by molar-refractivity contribution is 6.32. The largest absolute Gasteiger partial charge is 0.381 e. The van der Waals surface area contributed by atoms with E-state index in [0.29, 0.717) is 5.54 Å². The maximum absolute atomic E-state index is 6.19. The fraction of sp³-hybridized carbons (Fsp3) is 0.571. The second-order valence-electron chi connectivity index (χ2n) is 5.41. The Labute approximate surface area is 108 Å². The summed E-state index contributed by atoms with van der Waals surface area (Å²) < 4.78 is 0. The number of anilines is 2. The highest BCUT2D eigenvalue weighted by atomic mass is 35.5. The Morgan fingerprint density at radius 3 is 2.71 bits per heavy atom. The second kappa shape index (κ2) is 3.81. The van der Waals surface area contributed by atoms with Crippen LogP contribution >= 0.6 is 11.6 Å². The van der Waals surface area contributed by atoms with E-state index in [9.17, 15) is 0 Å². The first-order chi connectivity index (χ1) is 8.14. The molecule has 1 heterocycles. The summed E-state index contributed by atoms with van der Waals surface area (Å²) in [7, 11) is 2.23. The monoisotopic (exact) mass is 250 g/mol. The predicted molar refractivity (Wildman–Crippen MR) is 74.3 cm³/mol. The molecule has 1 aromatic carbocycles. The van der Waals surface area contributed by atoms with Crippen LogP contribution in [0, 0.1) is 6.92 Å². The van der Waals surface area contributed by atoms with Crippen molar-refractivity contribution in [3.8, 4) is 0 Å². The van der Waals surface area contributed by atoms with Crippen LogP contribution in [-0.4, -0.2) is 19.1 Å². The van der Waals surface area contributed by atoms with Gasteiger partial charge >= 0.3 is 0 Å². The molecule has 1 N–H and O–H groups in total. The number of benzene rings is 1. The summed E-state index contributed by atoms with van der Waals surface area (Å²) in [6, 6.07) is 4.17. The van der Waals surface area contributed by atoms with Gasteiger partial charge in [-0.05, 0) is 37.5 Å². The predicted octanol–water partition coefficient (Wildman–Crippen LogP) is 3.82. The first-order valence-electron chi connectivity index (χ1n) is 6.41. The highest BCUT2D eigenvalue weighted by Crippen LogP contribution is 2.45. The summed E-state index contributed by atoms with van der Waals surface area (Å²) in [6.07, 6.45) is 5.32. The first kappa shape index (κ1) is 11.2. The molecule has 3 heteroatoms. The quantitative estimate of drug-likeness (QED) is 0.753. The van der Waals surface area contributed by atoms with Crippen molar-refractivity contribution in [2.24, 2.45) is 0 Å². The van der Waals surface area contributed by atoms with E-state index in [4.69, 9.17) is 11.6 Å². The zero-order chi connectivity index (χ0) is 12.0. The van der Waals surface area contributed by atoms with Crippen LogP contribution in [0.3, 0.4) is 0 Å². The van der Waals surface area contributed by atoms with Gasteiger partial charge in [0.1, 0.15) is 0 Å². The molecule has 2 aliphatic rings. The molecule has 3 rings (SSSR count). The van der Waals surface area contributed by atoms with Crippen molar-refractivity contribution >= 4 is 23.0 Å².